The van der Waals surface area contributed by atoms with Crippen LogP contribution in [0.2, 0.25) is 5.15 Å². The van der Waals surface area contributed by atoms with Gasteiger partial charge in [-0.15, -0.1) is 10.2 Å². The molecule has 5 nitrogen and oxygen atoms in total. The molecular formula is C12H9ClN4O. The van der Waals surface area contributed by atoms with Crippen LogP contribution in [0, 0.1) is 11.3 Å². The first-order valence-electron chi connectivity index (χ1n) is 5.07. The summed E-state index contributed by atoms with van der Waals surface area (Å²) in [5.74, 6) is 1.10. The number of hydrogen-bond acceptors (Lipinski definition) is 5. The molecule has 0 aliphatic heterocycles. The van der Waals surface area contributed by atoms with Gasteiger partial charge in [0, 0.05) is 6.07 Å². The normalized spacial score (nSPS) is 9.61. The van der Waals surface area contributed by atoms with E-state index in [9.17, 15) is 0 Å². The predicted molar refractivity (Wildman–Crippen MR) is 68.0 cm³/mol. The van der Waals surface area contributed by atoms with Crippen molar-refractivity contribution in [2.45, 2.75) is 0 Å². The molecule has 1 aromatic heterocycles. The van der Waals surface area contributed by atoms with Crippen molar-refractivity contribution in [3.05, 3.63) is 41.0 Å². The molecule has 2 rings (SSSR count). The molecule has 0 atom stereocenters. The molecule has 0 fully saturated rings. The Bertz CT molecular complexity index is 592. The molecule has 1 aromatic carbocycles. The first-order chi connectivity index (χ1) is 8.72. The SMILES string of the molecule is COc1cc(C#N)ccc1Nc1ccc(Cl)nn1. The van der Waals surface area contributed by atoms with Gasteiger partial charge in [-0.25, -0.2) is 0 Å². The predicted octanol–water partition coefficient (Wildman–Crippen LogP) is 2.75. The third-order valence-electron chi connectivity index (χ3n) is 2.23. The highest BCUT2D eigenvalue weighted by atomic mass is 35.5. The molecule has 90 valence electrons. The summed E-state index contributed by atoms with van der Waals surface area (Å²) in [6, 6.07) is 10.5. The lowest BCUT2D eigenvalue weighted by atomic mass is 10.2. The lowest BCUT2D eigenvalue weighted by Crippen LogP contribution is -1.98. The summed E-state index contributed by atoms with van der Waals surface area (Å²) in [4.78, 5) is 0. The van der Waals surface area contributed by atoms with Crippen LogP contribution in [0.3, 0.4) is 0 Å². The minimum absolute atomic E-state index is 0.326. The zero-order chi connectivity index (χ0) is 13.0. The van der Waals surface area contributed by atoms with Crippen LogP contribution in [0.4, 0.5) is 11.5 Å². The molecule has 6 heteroatoms. The number of nitrogens with zero attached hydrogens (tertiary/aromatic N) is 3. The van der Waals surface area contributed by atoms with Crippen molar-refractivity contribution < 1.29 is 4.74 Å². The van der Waals surface area contributed by atoms with Gasteiger partial charge in [0.05, 0.1) is 24.4 Å². The van der Waals surface area contributed by atoms with Gasteiger partial charge in [-0.05, 0) is 24.3 Å². The second-order valence-corrected chi connectivity index (χ2v) is 3.78. The van der Waals surface area contributed by atoms with Crippen LogP contribution in [0.1, 0.15) is 5.56 Å². The maximum atomic E-state index is 8.81. The largest absolute Gasteiger partial charge is 0.495 e. The molecule has 0 aliphatic rings. The standard InChI is InChI=1S/C12H9ClN4O/c1-18-10-6-8(7-14)2-3-9(10)15-12-5-4-11(13)16-17-12/h2-6H,1H3,(H,15,17). The maximum Gasteiger partial charge on any atom is 0.153 e. The van der Waals surface area contributed by atoms with Gasteiger partial charge >= 0.3 is 0 Å². The van der Waals surface area contributed by atoms with Crippen molar-refractivity contribution in [3.63, 3.8) is 0 Å². The fourth-order valence-corrected chi connectivity index (χ4v) is 1.49. The van der Waals surface area contributed by atoms with E-state index in [4.69, 9.17) is 21.6 Å². The zero-order valence-corrected chi connectivity index (χ0v) is 10.3. The molecule has 0 saturated carbocycles. The van der Waals surface area contributed by atoms with Gasteiger partial charge in [0.15, 0.2) is 11.0 Å². The Morgan fingerprint density at radius 1 is 1.28 bits per heavy atom. The number of rotatable bonds is 3. The number of anilines is 2. The average Bonchev–Trinajstić information content (AvgIpc) is 2.41. The minimum atomic E-state index is 0.326. The Morgan fingerprint density at radius 3 is 2.72 bits per heavy atom. The van der Waals surface area contributed by atoms with Crippen molar-refractivity contribution in [1.29, 1.82) is 5.26 Å². The number of ether oxygens (including phenoxy) is 1. The number of methoxy groups -OCH3 is 1. The first-order valence-corrected chi connectivity index (χ1v) is 5.45. The van der Waals surface area contributed by atoms with Crippen molar-refractivity contribution in [2.24, 2.45) is 0 Å². The molecule has 0 spiro atoms. The minimum Gasteiger partial charge on any atom is -0.495 e. The van der Waals surface area contributed by atoms with Gasteiger partial charge in [-0.2, -0.15) is 5.26 Å². The summed E-state index contributed by atoms with van der Waals surface area (Å²) in [7, 11) is 1.54. The van der Waals surface area contributed by atoms with E-state index in [1.165, 1.54) is 7.11 Å². The van der Waals surface area contributed by atoms with Gasteiger partial charge in [-0.1, -0.05) is 11.6 Å². The van der Waals surface area contributed by atoms with E-state index in [1.54, 1.807) is 30.3 Å². The van der Waals surface area contributed by atoms with E-state index in [0.717, 1.165) is 0 Å². The fourth-order valence-electron chi connectivity index (χ4n) is 1.38. The van der Waals surface area contributed by atoms with Crippen LogP contribution in [0.5, 0.6) is 5.75 Å². The third-order valence-corrected chi connectivity index (χ3v) is 2.43. The summed E-state index contributed by atoms with van der Waals surface area (Å²) >= 11 is 5.65. The molecule has 0 radical (unpaired) electrons. The van der Waals surface area contributed by atoms with Crippen LogP contribution in [0.25, 0.3) is 0 Å². The lowest BCUT2D eigenvalue weighted by molar-refractivity contribution is 0.416. The number of hydrogen-bond donors (Lipinski definition) is 1. The average molecular weight is 261 g/mol. The molecule has 0 aliphatic carbocycles. The monoisotopic (exact) mass is 260 g/mol. The van der Waals surface area contributed by atoms with E-state index in [1.807, 2.05) is 6.07 Å². The first kappa shape index (κ1) is 12.1. The second-order valence-electron chi connectivity index (χ2n) is 3.39. The van der Waals surface area contributed by atoms with Gasteiger partial charge in [0.25, 0.3) is 0 Å². The molecule has 0 bridgehead atoms. The van der Waals surface area contributed by atoms with Crippen LogP contribution in [-0.4, -0.2) is 17.3 Å². The van der Waals surface area contributed by atoms with Crippen LogP contribution in [-0.2, 0) is 0 Å². The summed E-state index contributed by atoms with van der Waals surface area (Å²) in [6.07, 6.45) is 0. The Hall–Kier alpha value is -2.32. The van der Waals surface area contributed by atoms with Crippen LogP contribution < -0.4 is 10.1 Å². The highest BCUT2D eigenvalue weighted by Crippen LogP contribution is 2.27. The Kier molecular flexibility index (Phi) is 3.60. The van der Waals surface area contributed by atoms with Gasteiger partial charge in [0.1, 0.15) is 5.75 Å². The maximum absolute atomic E-state index is 8.81. The van der Waals surface area contributed by atoms with Crippen molar-refractivity contribution in [1.82, 2.24) is 10.2 Å². The lowest BCUT2D eigenvalue weighted by Gasteiger charge is -2.10. The van der Waals surface area contributed by atoms with E-state index >= 15 is 0 Å². The van der Waals surface area contributed by atoms with Crippen molar-refractivity contribution in [2.75, 3.05) is 12.4 Å². The molecule has 0 amide bonds. The van der Waals surface area contributed by atoms with Crippen molar-refractivity contribution in [3.8, 4) is 11.8 Å². The summed E-state index contributed by atoms with van der Waals surface area (Å²) in [5, 5.41) is 19.8. The smallest absolute Gasteiger partial charge is 0.153 e. The van der Waals surface area contributed by atoms with E-state index in [0.29, 0.717) is 28.0 Å². The summed E-state index contributed by atoms with van der Waals surface area (Å²) in [5.41, 5.74) is 1.23. The molecule has 18 heavy (non-hydrogen) atoms. The Balaban J connectivity index is 2.29. The summed E-state index contributed by atoms with van der Waals surface area (Å²) < 4.78 is 5.20. The highest BCUT2D eigenvalue weighted by molar-refractivity contribution is 6.29. The number of aromatic nitrogens is 2. The van der Waals surface area contributed by atoms with E-state index in [2.05, 4.69) is 15.5 Å². The molecule has 1 heterocycles. The quantitative estimate of drug-likeness (QED) is 0.919. The third kappa shape index (κ3) is 2.67. The van der Waals surface area contributed by atoms with Gasteiger partial charge in [-0.3, -0.25) is 0 Å². The summed E-state index contributed by atoms with van der Waals surface area (Å²) in [6.45, 7) is 0. The Labute approximate surface area is 109 Å². The highest BCUT2D eigenvalue weighted by Gasteiger charge is 2.05. The molecule has 0 saturated heterocycles. The number of benzene rings is 1. The van der Waals surface area contributed by atoms with E-state index in [-0.39, 0.29) is 0 Å². The molecule has 2 aromatic rings. The second kappa shape index (κ2) is 5.34. The van der Waals surface area contributed by atoms with Crippen molar-refractivity contribution >= 4 is 23.1 Å². The van der Waals surface area contributed by atoms with E-state index < -0.39 is 0 Å². The Morgan fingerprint density at radius 2 is 2.11 bits per heavy atom. The van der Waals surface area contributed by atoms with Crippen LogP contribution in [0.15, 0.2) is 30.3 Å². The fraction of sp³-hybridized carbons (Fsp3) is 0.0833. The molecular weight excluding hydrogens is 252 g/mol. The number of nitriles is 1. The van der Waals surface area contributed by atoms with Crippen LogP contribution >= 0.6 is 11.6 Å². The number of halogens is 1. The molecule has 0 unspecified atom stereocenters. The zero-order valence-electron chi connectivity index (χ0n) is 9.51. The van der Waals surface area contributed by atoms with Gasteiger partial charge < -0.3 is 10.1 Å². The topological polar surface area (TPSA) is 70.8 Å². The van der Waals surface area contributed by atoms with Gasteiger partial charge in [0.2, 0.25) is 0 Å². The number of nitrogens with one attached hydrogen (secondary N) is 1. The molecule has 1 N–H and O–H groups in total.